The molecule has 0 saturated carbocycles. The zero-order chi connectivity index (χ0) is 15.1. The fourth-order valence-electron chi connectivity index (χ4n) is 1.70. The van der Waals surface area contributed by atoms with E-state index in [4.69, 9.17) is 11.6 Å². The molecule has 2 rings (SSSR count). The average molecular weight is 302 g/mol. The maximum Gasteiger partial charge on any atom is 0.225 e. The first-order valence-electron chi connectivity index (χ1n) is 6.40. The average Bonchev–Trinajstić information content (AvgIpc) is 2.48. The van der Waals surface area contributed by atoms with Gasteiger partial charge in [-0.2, -0.15) is 0 Å². The minimum Gasteiger partial charge on any atom is -0.345 e. The minimum absolute atomic E-state index is 0.142. The molecule has 0 aromatic heterocycles. The topological polar surface area (TPSA) is 29.1 Å². The van der Waals surface area contributed by atoms with Gasteiger partial charge in [-0.1, -0.05) is 41.6 Å². The molecule has 0 fully saturated rings. The van der Waals surface area contributed by atoms with Crippen LogP contribution in [0.2, 0.25) is 5.02 Å². The highest BCUT2D eigenvalue weighted by Gasteiger charge is 2.04. The van der Waals surface area contributed by atoms with Gasteiger partial charge in [-0.25, -0.2) is 4.39 Å². The first-order valence-corrected chi connectivity index (χ1v) is 6.77. The number of carbonyl (C=O) groups is 1. The van der Waals surface area contributed by atoms with E-state index in [-0.39, 0.29) is 24.7 Å². The molecule has 4 heteroatoms. The van der Waals surface area contributed by atoms with E-state index in [1.54, 1.807) is 18.2 Å². The molecule has 0 atom stereocenters. The van der Waals surface area contributed by atoms with Gasteiger partial charge in [-0.3, -0.25) is 4.79 Å². The number of amides is 1. The van der Waals surface area contributed by atoms with Crippen LogP contribution in [0.5, 0.6) is 0 Å². The molecule has 2 aromatic carbocycles. The standard InChI is InChI=1S/C17H13ClFNO/c18-16-6-2-1-5-14(16)12-17(21)20-11-3-4-13-7-9-15(19)10-8-13/h1-2,5-10H,11-12H2,(H,20,21). The summed E-state index contributed by atoms with van der Waals surface area (Å²) >= 11 is 5.98. The van der Waals surface area contributed by atoms with Crippen LogP contribution in [-0.2, 0) is 11.2 Å². The monoisotopic (exact) mass is 301 g/mol. The van der Waals surface area contributed by atoms with E-state index >= 15 is 0 Å². The lowest BCUT2D eigenvalue weighted by atomic mass is 10.1. The van der Waals surface area contributed by atoms with Crippen LogP contribution in [0.25, 0.3) is 0 Å². The maximum absolute atomic E-state index is 12.7. The van der Waals surface area contributed by atoms with E-state index in [0.717, 1.165) is 5.56 Å². The van der Waals surface area contributed by atoms with Crippen LogP contribution in [-0.4, -0.2) is 12.5 Å². The summed E-state index contributed by atoms with van der Waals surface area (Å²) in [6.07, 6.45) is 0.220. The van der Waals surface area contributed by atoms with Crippen LogP contribution in [0, 0.1) is 17.7 Å². The summed E-state index contributed by atoms with van der Waals surface area (Å²) in [6.45, 7) is 0.237. The van der Waals surface area contributed by atoms with Gasteiger partial charge in [-0.15, -0.1) is 0 Å². The van der Waals surface area contributed by atoms with Gasteiger partial charge in [0, 0.05) is 10.6 Å². The van der Waals surface area contributed by atoms with Crippen LogP contribution in [0.15, 0.2) is 48.5 Å². The Morgan fingerprint density at radius 3 is 2.57 bits per heavy atom. The van der Waals surface area contributed by atoms with Gasteiger partial charge in [0.05, 0.1) is 13.0 Å². The molecule has 0 bridgehead atoms. The third-order valence-electron chi connectivity index (χ3n) is 2.76. The summed E-state index contributed by atoms with van der Waals surface area (Å²) in [4.78, 5) is 11.7. The molecular weight excluding hydrogens is 289 g/mol. The zero-order valence-corrected chi connectivity index (χ0v) is 12.0. The van der Waals surface area contributed by atoms with Crippen molar-refractivity contribution in [3.8, 4) is 11.8 Å². The predicted octanol–water partition coefficient (Wildman–Crippen LogP) is 3.19. The molecule has 0 aliphatic heterocycles. The minimum atomic E-state index is -0.298. The highest BCUT2D eigenvalue weighted by atomic mass is 35.5. The second kappa shape index (κ2) is 7.47. The molecule has 0 aliphatic carbocycles. The number of hydrogen-bond acceptors (Lipinski definition) is 1. The van der Waals surface area contributed by atoms with Crippen molar-refractivity contribution in [3.63, 3.8) is 0 Å². The Hall–Kier alpha value is -2.31. The molecule has 0 spiro atoms. The lowest BCUT2D eigenvalue weighted by Gasteiger charge is -2.03. The van der Waals surface area contributed by atoms with E-state index in [0.29, 0.717) is 10.6 Å². The molecule has 0 unspecified atom stereocenters. The van der Waals surface area contributed by atoms with Crippen molar-refractivity contribution in [3.05, 3.63) is 70.5 Å². The van der Waals surface area contributed by atoms with Crippen molar-refractivity contribution in [1.82, 2.24) is 5.32 Å². The molecule has 2 aromatic rings. The van der Waals surface area contributed by atoms with Crippen molar-refractivity contribution in [2.75, 3.05) is 6.54 Å². The fraction of sp³-hybridized carbons (Fsp3) is 0.118. The first-order chi connectivity index (χ1) is 10.1. The maximum atomic E-state index is 12.7. The van der Waals surface area contributed by atoms with E-state index in [2.05, 4.69) is 17.2 Å². The Labute approximate surface area is 127 Å². The smallest absolute Gasteiger partial charge is 0.225 e. The number of hydrogen-bond donors (Lipinski definition) is 1. The van der Waals surface area contributed by atoms with Gasteiger partial charge < -0.3 is 5.32 Å². The Balaban J connectivity index is 1.82. The lowest BCUT2D eigenvalue weighted by Crippen LogP contribution is -2.25. The Morgan fingerprint density at radius 1 is 1.14 bits per heavy atom. The molecule has 21 heavy (non-hydrogen) atoms. The van der Waals surface area contributed by atoms with Gasteiger partial charge in [-0.05, 0) is 35.9 Å². The van der Waals surface area contributed by atoms with Crippen molar-refractivity contribution < 1.29 is 9.18 Å². The molecule has 106 valence electrons. The SMILES string of the molecule is O=C(Cc1ccccc1Cl)NCC#Cc1ccc(F)cc1. The number of nitrogens with one attached hydrogen (secondary N) is 1. The summed E-state index contributed by atoms with van der Waals surface area (Å²) in [5, 5.41) is 3.27. The van der Waals surface area contributed by atoms with Crippen molar-refractivity contribution in [1.29, 1.82) is 0 Å². The second-order valence-corrected chi connectivity index (χ2v) is 4.76. The quantitative estimate of drug-likeness (QED) is 0.867. The molecule has 0 radical (unpaired) electrons. The third-order valence-corrected chi connectivity index (χ3v) is 3.13. The Morgan fingerprint density at radius 2 is 1.86 bits per heavy atom. The van der Waals surface area contributed by atoms with E-state index in [9.17, 15) is 9.18 Å². The summed E-state index contributed by atoms with van der Waals surface area (Å²) in [5.74, 6) is 5.22. The number of rotatable bonds is 3. The van der Waals surface area contributed by atoms with Gasteiger partial charge in [0.1, 0.15) is 5.82 Å². The number of carbonyl (C=O) groups excluding carboxylic acids is 1. The molecule has 0 heterocycles. The largest absolute Gasteiger partial charge is 0.345 e. The highest BCUT2D eigenvalue weighted by molar-refractivity contribution is 6.31. The summed E-state index contributed by atoms with van der Waals surface area (Å²) < 4.78 is 12.7. The zero-order valence-electron chi connectivity index (χ0n) is 11.2. The molecular formula is C17H13ClFNO. The lowest BCUT2D eigenvalue weighted by molar-refractivity contribution is -0.120. The van der Waals surface area contributed by atoms with Gasteiger partial charge >= 0.3 is 0 Å². The third kappa shape index (κ3) is 4.94. The van der Waals surface area contributed by atoms with Gasteiger partial charge in [0.25, 0.3) is 0 Å². The van der Waals surface area contributed by atoms with Crippen molar-refractivity contribution in [2.24, 2.45) is 0 Å². The van der Waals surface area contributed by atoms with E-state index in [1.165, 1.54) is 12.1 Å². The molecule has 1 N–H and O–H groups in total. The van der Waals surface area contributed by atoms with Crippen LogP contribution in [0.4, 0.5) is 4.39 Å². The number of halogens is 2. The molecule has 0 aliphatic rings. The van der Waals surface area contributed by atoms with E-state index < -0.39 is 0 Å². The van der Waals surface area contributed by atoms with Gasteiger partial charge in [0.15, 0.2) is 0 Å². The fourth-order valence-corrected chi connectivity index (χ4v) is 1.90. The number of benzene rings is 2. The van der Waals surface area contributed by atoms with Crippen molar-refractivity contribution >= 4 is 17.5 Å². The van der Waals surface area contributed by atoms with Crippen molar-refractivity contribution in [2.45, 2.75) is 6.42 Å². The highest BCUT2D eigenvalue weighted by Crippen LogP contribution is 2.15. The van der Waals surface area contributed by atoms with Crippen LogP contribution in [0.1, 0.15) is 11.1 Å². The van der Waals surface area contributed by atoms with Gasteiger partial charge in [0.2, 0.25) is 5.91 Å². The predicted molar refractivity (Wildman–Crippen MR) is 81.4 cm³/mol. The van der Waals surface area contributed by atoms with Crippen LogP contribution >= 0.6 is 11.6 Å². The summed E-state index contributed by atoms with van der Waals surface area (Å²) in [5.41, 5.74) is 1.49. The molecule has 2 nitrogen and oxygen atoms in total. The summed E-state index contributed by atoms with van der Waals surface area (Å²) in [7, 11) is 0. The summed E-state index contributed by atoms with van der Waals surface area (Å²) in [6, 6.07) is 13.1. The van der Waals surface area contributed by atoms with Crippen LogP contribution < -0.4 is 5.32 Å². The molecule has 0 saturated heterocycles. The normalized spacial score (nSPS) is 9.62. The molecule has 1 amide bonds. The second-order valence-electron chi connectivity index (χ2n) is 4.35. The Bertz CT molecular complexity index is 686. The Kier molecular flexibility index (Phi) is 5.36. The van der Waals surface area contributed by atoms with Crippen LogP contribution in [0.3, 0.4) is 0 Å². The first kappa shape index (κ1) is 15.1. The van der Waals surface area contributed by atoms with E-state index in [1.807, 2.05) is 18.2 Å².